The summed E-state index contributed by atoms with van der Waals surface area (Å²) in [6.07, 6.45) is -4.88. The maximum absolute atomic E-state index is 12.5. The smallest absolute Gasteiger partial charge is 0.416 e. The second-order valence-electron chi connectivity index (χ2n) is 4.06. The minimum absolute atomic E-state index is 0.0845. The van der Waals surface area contributed by atoms with Gasteiger partial charge in [-0.25, -0.2) is 0 Å². The maximum atomic E-state index is 12.5. The summed E-state index contributed by atoms with van der Waals surface area (Å²) >= 11 is 0. The topological polar surface area (TPSA) is 110 Å². The minimum Gasteiger partial charge on any atom is -0.464 e. The average molecular weight is 350 g/mol. The molecule has 0 saturated heterocycles. The van der Waals surface area contributed by atoms with Crippen LogP contribution in [0.25, 0.3) is 0 Å². The van der Waals surface area contributed by atoms with Gasteiger partial charge in [-0.3, -0.25) is 19.1 Å². The van der Waals surface area contributed by atoms with Gasteiger partial charge in [0, 0.05) is 6.07 Å². The number of hydrogen-bond acceptors (Lipinski definition) is 6. The number of nitro benzene ring substituents is 1. The molecule has 0 saturated carbocycles. The molecule has 1 unspecified atom stereocenters. The molecule has 0 aromatic heterocycles. The van der Waals surface area contributed by atoms with Gasteiger partial charge in [0.1, 0.15) is 17.3 Å². The van der Waals surface area contributed by atoms with Crippen LogP contribution < -0.4 is 0 Å². The summed E-state index contributed by atoms with van der Waals surface area (Å²) in [7, 11) is -2.25. The molecule has 23 heavy (non-hydrogen) atoms. The largest absolute Gasteiger partial charge is 0.464 e. The van der Waals surface area contributed by atoms with Gasteiger partial charge < -0.3 is 4.74 Å². The van der Waals surface area contributed by atoms with Crippen molar-refractivity contribution in [2.45, 2.75) is 17.5 Å². The van der Waals surface area contributed by atoms with Crippen molar-refractivity contribution in [2.75, 3.05) is 12.4 Å². The zero-order valence-corrected chi connectivity index (χ0v) is 12.1. The van der Waals surface area contributed by atoms with Gasteiger partial charge in [0.25, 0.3) is 5.69 Å². The van der Waals surface area contributed by atoms with E-state index < -0.39 is 49.8 Å². The molecule has 1 atom stereocenters. The van der Waals surface area contributed by atoms with Gasteiger partial charge in [0.05, 0.1) is 33.8 Å². The normalized spacial score (nSPS) is 12.3. The number of carbonyl (C=O) groups excluding carboxylic acids is 1. The third kappa shape index (κ3) is 5.33. The Morgan fingerprint density at radius 2 is 2.09 bits per heavy atom. The summed E-state index contributed by atoms with van der Waals surface area (Å²) in [5, 5.41) is 19.1. The van der Waals surface area contributed by atoms with E-state index in [0.29, 0.717) is 12.1 Å². The van der Waals surface area contributed by atoms with Crippen LogP contribution >= 0.6 is 0 Å². The van der Waals surface area contributed by atoms with E-state index >= 15 is 0 Å². The number of ether oxygens (including phenoxy) is 1. The average Bonchev–Trinajstić information content (AvgIpc) is 2.45. The molecule has 0 radical (unpaired) electrons. The molecule has 0 spiro atoms. The number of carbonyl (C=O) groups is 1. The van der Waals surface area contributed by atoms with E-state index in [0.717, 1.165) is 0 Å². The molecule has 11 heteroatoms. The Kier molecular flexibility index (Phi) is 6.20. The third-order valence-corrected chi connectivity index (χ3v) is 3.79. The summed E-state index contributed by atoms with van der Waals surface area (Å²) in [4.78, 5) is 20.6. The van der Waals surface area contributed by atoms with Crippen molar-refractivity contribution in [2.24, 2.45) is 0 Å². The summed E-state index contributed by atoms with van der Waals surface area (Å²) in [5.74, 6) is -1.75. The number of halogens is 3. The third-order valence-electron chi connectivity index (χ3n) is 2.45. The lowest BCUT2D eigenvalue weighted by atomic mass is 10.2. The molecule has 0 aliphatic carbocycles. The lowest BCUT2D eigenvalue weighted by Crippen LogP contribution is -2.16. The molecule has 1 aromatic carbocycles. The number of nitro groups is 1. The molecular formula is C12H9F3N2O5S. The highest BCUT2D eigenvalue weighted by Gasteiger charge is 2.34. The first kappa shape index (κ1) is 18.6. The van der Waals surface area contributed by atoms with Gasteiger partial charge in [0.2, 0.25) is 0 Å². The van der Waals surface area contributed by atoms with Crippen molar-refractivity contribution in [3.8, 4) is 6.07 Å². The minimum atomic E-state index is -4.79. The van der Waals surface area contributed by atoms with E-state index in [-0.39, 0.29) is 19.1 Å². The molecule has 1 aromatic rings. The number of nitriles is 1. The lowest BCUT2D eigenvalue weighted by Gasteiger charge is -2.08. The monoisotopic (exact) mass is 350 g/mol. The standard InChI is InChI=1S/C12H9F3N2O5S/c13-12(14,15)8-2-3-10(9(6-8)17(19)20)23(21)7-11(18)22-5-1-4-16/h2-3,6H,1,5,7H2. The number of alkyl halides is 3. The van der Waals surface area contributed by atoms with Crippen LogP contribution in [-0.4, -0.2) is 27.5 Å². The van der Waals surface area contributed by atoms with Crippen molar-refractivity contribution in [3.05, 3.63) is 33.9 Å². The fourth-order valence-corrected chi connectivity index (χ4v) is 2.51. The highest BCUT2D eigenvalue weighted by molar-refractivity contribution is 7.85. The van der Waals surface area contributed by atoms with Crippen molar-refractivity contribution in [1.29, 1.82) is 5.26 Å². The van der Waals surface area contributed by atoms with Gasteiger partial charge >= 0.3 is 12.1 Å². The number of hydrogen-bond donors (Lipinski definition) is 0. The predicted octanol–water partition coefficient (Wildman–Crippen LogP) is 2.18. The van der Waals surface area contributed by atoms with Crippen molar-refractivity contribution in [1.82, 2.24) is 0 Å². The Balaban J connectivity index is 2.99. The summed E-state index contributed by atoms with van der Waals surface area (Å²) in [6.45, 7) is -0.234. The zero-order chi connectivity index (χ0) is 17.6. The van der Waals surface area contributed by atoms with E-state index in [9.17, 15) is 32.3 Å². The van der Waals surface area contributed by atoms with Crippen LogP contribution in [0.4, 0.5) is 18.9 Å². The number of esters is 1. The molecular weight excluding hydrogens is 341 g/mol. The van der Waals surface area contributed by atoms with E-state index in [2.05, 4.69) is 4.74 Å². The molecule has 1 rings (SSSR count). The van der Waals surface area contributed by atoms with Crippen LogP contribution in [-0.2, 0) is 26.5 Å². The van der Waals surface area contributed by atoms with Crippen LogP contribution in [0.2, 0.25) is 0 Å². The highest BCUT2D eigenvalue weighted by Crippen LogP contribution is 2.34. The van der Waals surface area contributed by atoms with Crippen LogP contribution in [0.15, 0.2) is 23.1 Å². The first-order chi connectivity index (χ1) is 10.7. The Morgan fingerprint density at radius 3 is 2.61 bits per heavy atom. The quantitative estimate of drug-likeness (QED) is 0.336. The van der Waals surface area contributed by atoms with E-state index in [1.54, 1.807) is 6.07 Å². The van der Waals surface area contributed by atoms with Crippen LogP contribution in [0, 0.1) is 21.4 Å². The summed E-state index contributed by atoms with van der Waals surface area (Å²) in [5.41, 5.74) is -2.26. The number of benzene rings is 1. The molecule has 0 aliphatic heterocycles. The molecule has 0 fully saturated rings. The highest BCUT2D eigenvalue weighted by atomic mass is 32.2. The molecule has 0 bridgehead atoms. The van der Waals surface area contributed by atoms with Gasteiger partial charge in [-0.05, 0) is 12.1 Å². The number of nitrogens with zero attached hydrogens (tertiary/aromatic N) is 2. The van der Waals surface area contributed by atoms with Gasteiger partial charge in [-0.2, -0.15) is 18.4 Å². The Morgan fingerprint density at radius 1 is 1.43 bits per heavy atom. The Labute approximate surface area is 130 Å². The molecule has 7 nitrogen and oxygen atoms in total. The van der Waals surface area contributed by atoms with Gasteiger partial charge in [-0.1, -0.05) is 0 Å². The fourth-order valence-electron chi connectivity index (χ4n) is 1.47. The zero-order valence-electron chi connectivity index (χ0n) is 11.3. The maximum Gasteiger partial charge on any atom is 0.416 e. The second kappa shape index (κ2) is 7.68. The van der Waals surface area contributed by atoms with Crippen LogP contribution in [0.1, 0.15) is 12.0 Å². The second-order valence-corrected chi connectivity index (χ2v) is 5.48. The molecule has 0 amide bonds. The molecule has 0 aliphatic rings. The van der Waals surface area contributed by atoms with Crippen molar-refractivity contribution in [3.63, 3.8) is 0 Å². The number of rotatable bonds is 6. The van der Waals surface area contributed by atoms with E-state index in [4.69, 9.17) is 5.26 Å². The summed E-state index contributed by atoms with van der Waals surface area (Å²) < 4.78 is 54.1. The lowest BCUT2D eigenvalue weighted by molar-refractivity contribution is -0.388. The Hall–Kier alpha value is -2.48. The molecule has 0 N–H and O–H groups in total. The SMILES string of the molecule is N#CCCOC(=O)CS(=O)c1ccc(C(F)(F)F)cc1[N+](=O)[O-]. The van der Waals surface area contributed by atoms with Gasteiger partial charge in [-0.15, -0.1) is 0 Å². The summed E-state index contributed by atoms with van der Waals surface area (Å²) in [6, 6.07) is 3.20. The predicted molar refractivity (Wildman–Crippen MR) is 70.6 cm³/mol. The van der Waals surface area contributed by atoms with Crippen molar-refractivity contribution >= 4 is 22.5 Å². The van der Waals surface area contributed by atoms with Crippen LogP contribution in [0.5, 0.6) is 0 Å². The van der Waals surface area contributed by atoms with Crippen LogP contribution in [0.3, 0.4) is 0 Å². The molecule has 0 heterocycles. The van der Waals surface area contributed by atoms with E-state index in [1.807, 2.05) is 0 Å². The first-order valence-electron chi connectivity index (χ1n) is 5.93. The van der Waals surface area contributed by atoms with E-state index in [1.165, 1.54) is 0 Å². The Bertz CT molecular complexity index is 684. The molecule has 124 valence electrons. The van der Waals surface area contributed by atoms with Crippen molar-refractivity contribution < 1.29 is 31.8 Å². The fraction of sp³-hybridized carbons (Fsp3) is 0.333. The van der Waals surface area contributed by atoms with Gasteiger partial charge in [0.15, 0.2) is 0 Å². The first-order valence-corrected chi connectivity index (χ1v) is 7.25.